The number of benzene rings is 1. The SMILES string of the molecule is Cc1cc(N)cnc1Oc1c(Br)cc([N+](=O)[O-])cc1Br. The smallest absolute Gasteiger partial charge is 0.271 e. The third kappa shape index (κ3) is 3.07. The van der Waals surface area contributed by atoms with Crippen LogP contribution in [0.4, 0.5) is 11.4 Å². The van der Waals surface area contributed by atoms with Gasteiger partial charge in [0.05, 0.1) is 25.8 Å². The van der Waals surface area contributed by atoms with E-state index < -0.39 is 4.92 Å². The summed E-state index contributed by atoms with van der Waals surface area (Å²) < 4.78 is 6.59. The van der Waals surface area contributed by atoms with Crippen LogP contribution in [0.1, 0.15) is 5.56 Å². The van der Waals surface area contributed by atoms with Gasteiger partial charge in [-0.3, -0.25) is 10.1 Å². The number of non-ortho nitro benzene ring substituents is 1. The Kier molecular flexibility index (Phi) is 4.24. The molecule has 0 amide bonds. The molecule has 104 valence electrons. The van der Waals surface area contributed by atoms with Crippen LogP contribution in [0.15, 0.2) is 33.3 Å². The van der Waals surface area contributed by atoms with Crippen molar-refractivity contribution in [2.75, 3.05) is 5.73 Å². The number of nitrogen functional groups attached to an aromatic ring is 1. The Labute approximate surface area is 131 Å². The first-order chi connectivity index (χ1) is 9.38. The van der Waals surface area contributed by atoms with Crippen molar-refractivity contribution < 1.29 is 9.66 Å². The second-order valence-corrected chi connectivity index (χ2v) is 5.70. The van der Waals surface area contributed by atoms with Crippen molar-refractivity contribution in [2.24, 2.45) is 0 Å². The lowest BCUT2D eigenvalue weighted by atomic mass is 10.3. The standard InChI is InChI=1S/C12H9Br2N3O3/c1-6-2-7(15)5-16-12(6)20-11-9(13)3-8(17(18)19)4-10(11)14/h2-5H,15H2,1H3. The first-order valence-corrected chi connectivity index (χ1v) is 7.00. The number of anilines is 1. The van der Waals surface area contributed by atoms with Gasteiger partial charge in [-0.1, -0.05) is 0 Å². The Hall–Kier alpha value is -1.67. The maximum atomic E-state index is 10.8. The highest BCUT2D eigenvalue weighted by Gasteiger charge is 2.16. The van der Waals surface area contributed by atoms with E-state index in [0.717, 1.165) is 5.56 Å². The van der Waals surface area contributed by atoms with Gasteiger partial charge in [0.15, 0.2) is 5.75 Å². The van der Waals surface area contributed by atoms with Crippen LogP contribution in [-0.4, -0.2) is 9.91 Å². The summed E-state index contributed by atoms with van der Waals surface area (Å²) >= 11 is 6.50. The molecule has 1 heterocycles. The van der Waals surface area contributed by atoms with Crippen LogP contribution in [0.5, 0.6) is 11.6 Å². The van der Waals surface area contributed by atoms with Crippen LogP contribution in [0.2, 0.25) is 0 Å². The number of hydrogen-bond donors (Lipinski definition) is 1. The fraction of sp³-hybridized carbons (Fsp3) is 0.0833. The Morgan fingerprint density at radius 3 is 2.40 bits per heavy atom. The van der Waals surface area contributed by atoms with Gasteiger partial charge in [-0.05, 0) is 44.8 Å². The van der Waals surface area contributed by atoms with E-state index in [1.54, 1.807) is 6.07 Å². The largest absolute Gasteiger partial charge is 0.436 e. The minimum Gasteiger partial charge on any atom is -0.436 e. The minimum atomic E-state index is -0.480. The van der Waals surface area contributed by atoms with E-state index in [1.165, 1.54) is 18.3 Å². The molecule has 0 aliphatic heterocycles. The van der Waals surface area contributed by atoms with E-state index >= 15 is 0 Å². The van der Waals surface area contributed by atoms with Crippen LogP contribution < -0.4 is 10.5 Å². The van der Waals surface area contributed by atoms with Crippen molar-refractivity contribution in [1.29, 1.82) is 0 Å². The summed E-state index contributed by atoms with van der Waals surface area (Å²) in [5.74, 6) is 0.797. The van der Waals surface area contributed by atoms with Gasteiger partial charge >= 0.3 is 0 Å². The minimum absolute atomic E-state index is 0.0434. The van der Waals surface area contributed by atoms with Crippen molar-refractivity contribution in [3.8, 4) is 11.6 Å². The van der Waals surface area contributed by atoms with E-state index in [4.69, 9.17) is 10.5 Å². The van der Waals surface area contributed by atoms with Gasteiger partial charge in [-0.15, -0.1) is 0 Å². The van der Waals surface area contributed by atoms with Gasteiger partial charge < -0.3 is 10.5 Å². The maximum Gasteiger partial charge on any atom is 0.271 e. The Bertz CT molecular complexity index is 669. The fourth-order valence-corrected chi connectivity index (χ4v) is 2.86. The summed E-state index contributed by atoms with van der Waals surface area (Å²) in [6, 6.07) is 4.47. The third-order valence-electron chi connectivity index (χ3n) is 2.44. The van der Waals surface area contributed by atoms with E-state index in [-0.39, 0.29) is 5.69 Å². The zero-order chi connectivity index (χ0) is 14.9. The summed E-state index contributed by atoms with van der Waals surface area (Å²) in [5, 5.41) is 10.8. The zero-order valence-electron chi connectivity index (χ0n) is 10.3. The zero-order valence-corrected chi connectivity index (χ0v) is 13.4. The number of nitrogens with two attached hydrogens (primary N) is 1. The Balaban J connectivity index is 2.41. The lowest BCUT2D eigenvalue weighted by molar-refractivity contribution is -0.385. The molecule has 8 heteroatoms. The molecule has 0 fully saturated rings. The van der Waals surface area contributed by atoms with Gasteiger partial charge in [0.2, 0.25) is 5.88 Å². The van der Waals surface area contributed by atoms with Crippen LogP contribution in [-0.2, 0) is 0 Å². The van der Waals surface area contributed by atoms with E-state index in [2.05, 4.69) is 36.8 Å². The van der Waals surface area contributed by atoms with Crippen molar-refractivity contribution in [1.82, 2.24) is 4.98 Å². The van der Waals surface area contributed by atoms with E-state index in [1.807, 2.05) is 6.92 Å². The molecule has 2 aromatic rings. The number of hydrogen-bond acceptors (Lipinski definition) is 5. The molecule has 20 heavy (non-hydrogen) atoms. The molecule has 0 bridgehead atoms. The number of rotatable bonds is 3. The molecule has 0 radical (unpaired) electrons. The number of pyridine rings is 1. The molecule has 0 saturated carbocycles. The highest BCUT2D eigenvalue weighted by atomic mass is 79.9. The van der Waals surface area contributed by atoms with Gasteiger partial charge in [-0.25, -0.2) is 4.98 Å². The Morgan fingerprint density at radius 1 is 1.30 bits per heavy atom. The average molecular weight is 403 g/mol. The molecule has 2 rings (SSSR count). The molecule has 0 spiro atoms. The number of nitro benzene ring substituents is 1. The number of aryl methyl sites for hydroxylation is 1. The molecular formula is C12H9Br2N3O3. The summed E-state index contributed by atoms with van der Waals surface area (Å²) in [7, 11) is 0. The second-order valence-electron chi connectivity index (χ2n) is 3.99. The van der Waals surface area contributed by atoms with Gasteiger partial charge in [0.1, 0.15) is 0 Å². The molecule has 1 aromatic heterocycles. The predicted molar refractivity (Wildman–Crippen MR) is 82.0 cm³/mol. The van der Waals surface area contributed by atoms with Gasteiger partial charge in [-0.2, -0.15) is 0 Å². The van der Waals surface area contributed by atoms with E-state index in [0.29, 0.717) is 26.3 Å². The van der Waals surface area contributed by atoms with Gasteiger partial charge in [0, 0.05) is 17.7 Å². The number of nitrogens with zero attached hydrogens (tertiary/aromatic N) is 2. The second kappa shape index (κ2) is 5.76. The summed E-state index contributed by atoms with van der Waals surface area (Å²) in [5.41, 5.74) is 6.88. The highest BCUT2D eigenvalue weighted by Crippen LogP contribution is 2.40. The number of halogens is 2. The van der Waals surface area contributed by atoms with Crippen molar-refractivity contribution in [2.45, 2.75) is 6.92 Å². The Morgan fingerprint density at radius 2 is 1.90 bits per heavy atom. The summed E-state index contributed by atoms with van der Waals surface area (Å²) in [6.07, 6.45) is 1.48. The molecular weight excluding hydrogens is 394 g/mol. The predicted octanol–water partition coefficient (Wildman–Crippen LogP) is 4.20. The number of ether oxygens (including phenoxy) is 1. The lowest BCUT2D eigenvalue weighted by Crippen LogP contribution is -1.96. The van der Waals surface area contributed by atoms with Crippen molar-refractivity contribution in [3.05, 3.63) is 49.0 Å². The van der Waals surface area contributed by atoms with Gasteiger partial charge in [0.25, 0.3) is 5.69 Å². The third-order valence-corrected chi connectivity index (χ3v) is 3.62. The average Bonchev–Trinajstić information content (AvgIpc) is 2.35. The fourth-order valence-electron chi connectivity index (χ4n) is 1.54. The summed E-state index contributed by atoms with van der Waals surface area (Å²) in [4.78, 5) is 14.4. The topological polar surface area (TPSA) is 91.3 Å². The molecule has 0 aliphatic rings. The first-order valence-electron chi connectivity index (χ1n) is 5.42. The van der Waals surface area contributed by atoms with E-state index in [9.17, 15) is 10.1 Å². The van der Waals surface area contributed by atoms with Crippen molar-refractivity contribution in [3.63, 3.8) is 0 Å². The maximum absolute atomic E-state index is 10.8. The monoisotopic (exact) mass is 401 g/mol. The number of aromatic nitrogens is 1. The number of nitro groups is 1. The molecule has 0 atom stereocenters. The van der Waals surface area contributed by atoms with Crippen molar-refractivity contribution >= 4 is 43.2 Å². The molecule has 0 unspecified atom stereocenters. The summed E-state index contributed by atoms with van der Waals surface area (Å²) in [6.45, 7) is 1.81. The highest BCUT2D eigenvalue weighted by molar-refractivity contribution is 9.11. The van der Waals surface area contributed by atoms with Crippen LogP contribution in [0.25, 0.3) is 0 Å². The normalized spacial score (nSPS) is 10.3. The molecule has 6 nitrogen and oxygen atoms in total. The quantitative estimate of drug-likeness (QED) is 0.613. The van der Waals surface area contributed by atoms with Crippen LogP contribution >= 0.6 is 31.9 Å². The van der Waals surface area contributed by atoms with Crippen LogP contribution in [0, 0.1) is 17.0 Å². The molecule has 1 aromatic carbocycles. The first kappa shape index (κ1) is 14.7. The lowest BCUT2D eigenvalue weighted by Gasteiger charge is -2.11. The van der Waals surface area contributed by atoms with Crippen LogP contribution in [0.3, 0.4) is 0 Å². The molecule has 2 N–H and O–H groups in total. The molecule has 0 aliphatic carbocycles. The molecule has 0 saturated heterocycles.